The first-order valence-corrected chi connectivity index (χ1v) is 9.48. The number of benzene rings is 2. The van der Waals surface area contributed by atoms with Crippen molar-refractivity contribution in [1.29, 1.82) is 0 Å². The quantitative estimate of drug-likeness (QED) is 0.483. The molecule has 134 valence electrons. The lowest BCUT2D eigenvalue weighted by Crippen LogP contribution is -2.31. The zero-order valence-electron chi connectivity index (χ0n) is 14.5. The van der Waals surface area contributed by atoms with E-state index in [9.17, 15) is 4.79 Å². The number of carbonyl (C=O) groups excluding carboxylic acids is 1. The molecule has 2 aromatic carbocycles. The molecule has 1 amide bonds. The number of hydrogen-bond donors (Lipinski definition) is 0. The number of para-hydroxylation sites is 1. The second-order valence-electron chi connectivity index (χ2n) is 5.85. The molecule has 0 spiro atoms. The van der Waals surface area contributed by atoms with Crippen molar-refractivity contribution in [3.05, 3.63) is 84.7 Å². The molecule has 4 rings (SSSR count). The van der Waals surface area contributed by atoms with E-state index in [4.69, 9.17) is 0 Å². The Balaban J connectivity index is 1.51. The molecule has 4 aromatic rings. The van der Waals surface area contributed by atoms with E-state index in [0.717, 1.165) is 11.3 Å². The van der Waals surface area contributed by atoms with Crippen molar-refractivity contribution in [1.82, 2.24) is 19.6 Å². The normalized spacial score (nSPS) is 10.8. The summed E-state index contributed by atoms with van der Waals surface area (Å²) in [5, 5.41) is 4.87. The van der Waals surface area contributed by atoms with Crippen LogP contribution in [0.2, 0.25) is 0 Å². The minimum atomic E-state index is 0.00173. The summed E-state index contributed by atoms with van der Waals surface area (Å²) in [5.74, 6) is 0.775. The summed E-state index contributed by atoms with van der Waals surface area (Å²) in [7, 11) is 0. The molecule has 0 aliphatic carbocycles. The van der Waals surface area contributed by atoms with Crippen molar-refractivity contribution in [3.63, 3.8) is 0 Å². The van der Waals surface area contributed by atoms with Crippen LogP contribution in [0, 0.1) is 0 Å². The van der Waals surface area contributed by atoms with E-state index in [1.54, 1.807) is 27.9 Å². The molecule has 2 aromatic heterocycles. The van der Waals surface area contributed by atoms with Crippen LogP contribution in [-0.2, 0) is 11.3 Å². The number of amides is 1. The third-order valence-corrected chi connectivity index (χ3v) is 4.80. The Morgan fingerprint density at radius 1 is 1.00 bits per heavy atom. The molecule has 0 atom stereocenters. The van der Waals surface area contributed by atoms with Gasteiger partial charge in [-0.2, -0.15) is 4.98 Å². The summed E-state index contributed by atoms with van der Waals surface area (Å²) >= 11 is 1.31. The van der Waals surface area contributed by atoms with Gasteiger partial charge in [0.2, 0.25) is 11.1 Å². The molecule has 0 aliphatic rings. The zero-order chi connectivity index (χ0) is 18.5. The lowest BCUT2D eigenvalue weighted by Gasteiger charge is -2.22. The molecule has 7 heteroatoms. The molecular weight excluding hydrogens is 358 g/mol. The third-order valence-electron chi connectivity index (χ3n) is 3.97. The molecular formula is C20H17N5OS. The van der Waals surface area contributed by atoms with E-state index in [-0.39, 0.29) is 11.7 Å². The fraction of sp³-hybridized carbons (Fsp3) is 0.100. The van der Waals surface area contributed by atoms with Crippen LogP contribution < -0.4 is 4.90 Å². The van der Waals surface area contributed by atoms with Crippen molar-refractivity contribution < 1.29 is 4.79 Å². The number of anilines is 1. The van der Waals surface area contributed by atoms with Crippen LogP contribution in [0.15, 0.2) is 84.3 Å². The molecule has 27 heavy (non-hydrogen) atoms. The molecule has 6 nitrogen and oxygen atoms in total. The van der Waals surface area contributed by atoms with Crippen molar-refractivity contribution in [2.75, 3.05) is 10.7 Å². The van der Waals surface area contributed by atoms with Crippen molar-refractivity contribution in [3.8, 4) is 0 Å². The van der Waals surface area contributed by atoms with E-state index in [1.807, 2.05) is 60.7 Å². The van der Waals surface area contributed by atoms with Crippen LogP contribution in [0.25, 0.3) is 5.78 Å². The summed E-state index contributed by atoms with van der Waals surface area (Å²) in [6.45, 7) is 0.518. The highest BCUT2D eigenvalue weighted by atomic mass is 32.2. The summed E-state index contributed by atoms with van der Waals surface area (Å²) in [6.07, 6.45) is 3.45. The highest BCUT2D eigenvalue weighted by Gasteiger charge is 2.17. The Kier molecular flexibility index (Phi) is 5.11. The van der Waals surface area contributed by atoms with E-state index in [1.165, 1.54) is 11.8 Å². The smallest absolute Gasteiger partial charge is 0.253 e. The van der Waals surface area contributed by atoms with Crippen molar-refractivity contribution in [2.45, 2.75) is 11.7 Å². The van der Waals surface area contributed by atoms with Gasteiger partial charge in [-0.15, -0.1) is 5.10 Å². The predicted octanol–water partition coefficient (Wildman–Crippen LogP) is 3.45. The average molecular weight is 375 g/mol. The second kappa shape index (κ2) is 8.01. The fourth-order valence-electron chi connectivity index (χ4n) is 2.68. The maximum absolute atomic E-state index is 13.0. The van der Waals surface area contributed by atoms with Gasteiger partial charge in [0, 0.05) is 18.1 Å². The number of thioether (sulfide) groups is 1. The minimum Gasteiger partial charge on any atom is -0.307 e. The van der Waals surface area contributed by atoms with Gasteiger partial charge in [-0.25, -0.2) is 9.50 Å². The standard InChI is InChI=1S/C20H17N5OS/c26-18(15-27-20-22-19-21-12-7-13-25(19)23-20)24(17-10-5-2-6-11-17)14-16-8-3-1-4-9-16/h1-13H,14-15H2. The first-order chi connectivity index (χ1) is 13.3. The lowest BCUT2D eigenvalue weighted by atomic mass is 10.2. The predicted molar refractivity (Wildman–Crippen MR) is 106 cm³/mol. The molecule has 0 radical (unpaired) electrons. The molecule has 0 unspecified atom stereocenters. The van der Waals surface area contributed by atoms with Crippen LogP contribution in [0.5, 0.6) is 0 Å². The Hall–Kier alpha value is -3.19. The van der Waals surface area contributed by atoms with Crippen LogP contribution in [0.3, 0.4) is 0 Å². The highest BCUT2D eigenvalue weighted by molar-refractivity contribution is 7.99. The first-order valence-electron chi connectivity index (χ1n) is 8.49. The van der Waals surface area contributed by atoms with Gasteiger partial charge >= 0.3 is 0 Å². The molecule has 0 bridgehead atoms. The van der Waals surface area contributed by atoms with Crippen LogP contribution in [0.4, 0.5) is 5.69 Å². The average Bonchev–Trinajstić information content (AvgIpc) is 3.15. The number of fused-ring (bicyclic) bond motifs is 1. The Labute approximate surface area is 160 Å². The molecule has 2 heterocycles. The van der Waals surface area contributed by atoms with E-state index in [0.29, 0.717) is 17.5 Å². The monoisotopic (exact) mass is 375 g/mol. The maximum atomic E-state index is 13.0. The molecule has 0 N–H and O–H groups in total. The van der Waals surface area contributed by atoms with Gasteiger partial charge in [0.25, 0.3) is 5.78 Å². The Morgan fingerprint density at radius 2 is 1.74 bits per heavy atom. The maximum Gasteiger partial charge on any atom is 0.253 e. The molecule has 0 saturated heterocycles. The van der Waals surface area contributed by atoms with Gasteiger partial charge < -0.3 is 4.90 Å². The van der Waals surface area contributed by atoms with Gasteiger partial charge in [0.1, 0.15) is 0 Å². The van der Waals surface area contributed by atoms with Gasteiger partial charge in [-0.1, -0.05) is 60.3 Å². The number of aromatic nitrogens is 4. The third kappa shape index (κ3) is 4.15. The zero-order valence-corrected chi connectivity index (χ0v) is 15.3. The van der Waals surface area contributed by atoms with Crippen LogP contribution >= 0.6 is 11.8 Å². The van der Waals surface area contributed by atoms with E-state index >= 15 is 0 Å². The number of nitrogens with zero attached hydrogens (tertiary/aromatic N) is 5. The SMILES string of the molecule is O=C(CSc1nc2ncccn2n1)N(Cc1ccccc1)c1ccccc1. The number of rotatable bonds is 6. The summed E-state index contributed by atoms with van der Waals surface area (Å²) in [6, 6.07) is 21.4. The number of hydrogen-bond acceptors (Lipinski definition) is 5. The van der Waals surface area contributed by atoms with Crippen molar-refractivity contribution >= 4 is 29.1 Å². The number of carbonyl (C=O) groups is 1. The molecule has 0 aliphatic heterocycles. The fourth-order valence-corrected chi connectivity index (χ4v) is 3.38. The minimum absolute atomic E-state index is 0.00173. The largest absolute Gasteiger partial charge is 0.307 e. The summed E-state index contributed by atoms with van der Waals surface area (Å²) < 4.78 is 1.60. The van der Waals surface area contributed by atoms with Crippen LogP contribution in [0.1, 0.15) is 5.56 Å². The lowest BCUT2D eigenvalue weighted by molar-refractivity contribution is -0.116. The second-order valence-corrected chi connectivity index (χ2v) is 6.79. The molecule has 0 saturated carbocycles. The Bertz CT molecular complexity index is 1000. The Morgan fingerprint density at radius 3 is 2.48 bits per heavy atom. The summed E-state index contributed by atoms with van der Waals surface area (Å²) in [5.41, 5.74) is 1.95. The van der Waals surface area contributed by atoms with Crippen LogP contribution in [-0.4, -0.2) is 31.2 Å². The highest BCUT2D eigenvalue weighted by Crippen LogP contribution is 2.20. The van der Waals surface area contributed by atoms with Gasteiger partial charge in [0.05, 0.1) is 12.3 Å². The topological polar surface area (TPSA) is 63.4 Å². The molecule has 0 fully saturated rings. The summed E-state index contributed by atoms with van der Waals surface area (Å²) in [4.78, 5) is 23.2. The van der Waals surface area contributed by atoms with Crippen molar-refractivity contribution in [2.24, 2.45) is 0 Å². The first kappa shape index (κ1) is 17.2. The van der Waals surface area contributed by atoms with Gasteiger partial charge in [0.15, 0.2) is 0 Å². The van der Waals surface area contributed by atoms with E-state index < -0.39 is 0 Å². The van der Waals surface area contributed by atoms with Gasteiger partial charge in [-0.05, 0) is 23.8 Å². The van der Waals surface area contributed by atoms with E-state index in [2.05, 4.69) is 15.1 Å². The van der Waals surface area contributed by atoms with Gasteiger partial charge in [-0.3, -0.25) is 4.79 Å².